The standard InChI is InChI=1S/C22H17N/c1-16-6-8-17(9-7-16)18-10-12-19(13-11-18)20-14-15-23-22-5-3-2-4-21(20)22/h2-15H,1H3. The average Bonchev–Trinajstić information content (AvgIpc) is 2.62. The van der Waals surface area contributed by atoms with Gasteiger partial charge in [-0.3, -0.25) is 4.98 Å². The Balaban J connectivity index is 1.77. The van der Waals surface area contributed by atoms with Gasteiger partial charge in [0.15, 0.2) is 0 Å². The van der Waals surface area contributed by atoms with E-state index in [2.05, 4.69) is 84.7 Å². The number of pyridine rings is 1. The zero-order chi connectivity index (χ0) is 15.6. The third kappa shape index (κ3) is 2.62. The summed E-state index contributed by atoms with van der Waals surface area (Å²) in [6, 6.07) is 27.8. The predicted molar refractivity (Wildman–Crippen MR) is 97.4 cm³/mol. The van der Waals surface area contributed by atoms with Gasteiger partial charge in [0.25, 0.3) is 0 Å². The molecular weight excluding hydrogens is 278 g/mol. The lowest BCUT2D eigenvalue weighted by atomic mass is 9.98. The number of fused-ring (bicyclic) bond motifs is 1. The highest BCUT2D eigenvalue weighted by atomic mass is 14.6. The lowest BCUT2D eigenvalue weighted by Crippen LogP contribution is -1.85. The molecule has 4 aromatic rings. The first-order chi connectivity index (χ1) is 11.3. The highest BCUT2D eigenvalue weighted by Gasteiger charge is 2.04. The van der Waals surface area contributed by atoms with Gasteiger partial charge in [0.05, 0.1) is 5.52 Å². The molecule has 1 heterocycles. The number of nitrogens with zero attached hydrogens (tertiary/aromatic N) is 1. The summed E-state index contributed by atoms with van der Waals surface area (Å²) in [6.07, 6.45) is 1.88. The summed E-state index contributed by atoms with van der Waals surface area (Å²) in [5, 5.41) is 1.19. The van der Waals surface area contributed by atoms with Crippen LogP contribution < -0.4 is 0 Å². The predicted octanol–water partition coefficient (Wildman–Crippen LogP) is 5.88. The van der Waals surface area contributed by atoms with E-state index in [0.29, 0.717) is 0 Å². The summed E-state index contributed by atoms with van der Waals surface area (Å²) in [4.78, 5) is 4.44. The van der Waals surface area contributed by atoms with E-state index in [1.54, 1.807) is 0 Å². The van der Waals surface area contributed by atoms with Crippen LogP contribution in [0.2, 0.25) is 0 Å². The van der Waals surface area contributed by atoms with Crippen LogP contribution in [0.15, 0.2) is 85.1 Å². The fourth-order valence-electron chi connectivity index (χ4n) is 2.94. The van der Waals surface area contributed by atoms with Crippen LogP contribution in [0.1, 0.15) is 5.56 Å². The summed E-state index contributed by atoms with van der Waals surface area (Å²) >= 11 is 0. The van der Waals surface area contributed by atoms with E-state index in [4.69, 9.17) is 0 Å². The third-order valence-electron chi connectivity index (χ3n) is 4.23. The van der Waals surface area contributed by atoms with E-state index in [0.717, 1.165) is 5.52 Å². The first-order valence-corrected chi connectivity index (χ1v) is 7.82. The number of para-hydroxylation sites is 1. The highest BCUT2D eigenvalue weighted by Crippen LogP contribution is 2.29. The molecule has 23 heavy (non-hydrogen) atoms. The smallest absolute Gasteiger partial charge is 0.0708 e. The zero-order valence-corrected chi connectivity index (χ0v) is 13.0. The molecule has 0 aliphatic carbocycles. The fraction of sp³-hybridized carbons (Fsp3) is 0.0455. The van der Waals surface area contributed by atoms with Gasteiger partial charge in [-0.1, -0.05) is 72.3 Å². The molecule has 0 fully saturated rings. The molecule has 0 aliphatic rings. The number of benzene rings is 3. The van der Waals surface area contributed by atoms with E-state index in [9.17, 15) is 0 Å². The number of rotatable bonds is 2. The van der Waals surface area contributed by atoms with Gasteiger partial charge in [0, 0.05) is 11.6 Å². The molecule has 0 radical (unpaired) electrons. The third-order valence-corrected chi connectivity index (χ3v) is 4.23. The van der Waals surface area contributed by atoms with Gasteiger partial charge < -0.3 is 0 Å². The second-order valence-corrected chi connectivity index (χ2v) is 5.82. The maximum Gasteiger partial charge on any atom is 0.0708 e. The molecular formula is C22H17N. The molecule has 0 saturated heterocycles. The van der Waals surface area contributed by atoms with E-state index >= 15 is 0 Å². The number of aromatic nitrogens is 1. The summed E-state index contributed by atoms with van der Waals surface area (Å²) in [5.74, 6) is 0. The first kappa shape index (κ1) is 13.7. The molecule has 0 amide bonds. The molecule has 0 atom stereocenters. The first-order valence-electron chi connectivity index (χ1n) is 7.82. The minimum atomic E-state index is 1.03. The Morgan fingerprint density at radius 3 is 1.96 bits per heavy atom. The Morgan fingerprint density at radius 2 is 1.22 bits per heavy atom. The van der Waals surface area contributed by atoms with Gasteiger partial charge in [0.1, 0.15) is 0 Å². The molecule has 110 valence electrons. The van der Waals surface area contributed by atoms with Crippen LogP contribution in [0, 0.1) is 6.92 Å². The zero-order valence-electron chi connectivity index (χ0n) is 13.0. The molecule has 4 rings (SSSR count). The van der Waals surface area contributed by atoms with Crippen molar-refractivity contribution in [3.63, 3.8) is 0 Å². The van der Waals surface area contributed by atoms with Crippen LogP contribution in [0.25, 0.3) is 33.2 Å². The Morgan fingerprint density at radius 1 is 0.609 bits per heavy atom. The Labute approximate surface area is 136 Å². The highest BCUT2D eigenvalue weighted by molar-refractivity contribution is 5.94. The Bertz CT molecular complexity index is 946. The average molecular weight is 295 g/mol. The van der Waals surface area contributed by atoms with Gasteiger partial charge in [-0.25, -0.2) is 0 Å². The normalized spacial score (nSPS) is 10.8. The number of hydrogen-bond acceptors (Lipinski definition) is 1. The minimum Gasteiger partial charge on any atom is -0.256 e. The fourth-order valence-corrected chi connectivity index (χ4v) is 2.94. The maximum absolute atomic E-state index is 4.44. The molecule has 1 heteroatoms. The SMILES string of the molecule is Cc1ccc(-c2ccc(-c3ccnc4ccccc34)cc2)cc1. The molecule has 0 unspecified atom stereocenters. The van der Waals surface area contributed by atoms with Crippen LogP contribution in [0.4, 0.5) is 0 Å². The van der Waals surface area contributed by atoms with Gasteiger partial charge >= 0.3 is 0 Å². The van der Waals surface area contributed by atoms with Crippen LogP contribution >= 0.6 is 0 Å². The van der Waals surface area contributed by atoms with Crippen LogP contribution in [0.5, 0.6) is 0 Å². The van der Waals surface area contributed by atoms with Gasteiger partial charge in [-0.05, 0) is 41.3 Å². The van der Waals surface area contributed by atoms with Crippen molar-refractivity contribution in [1.29, 1.82) is 0 Å². The molecule has 0 saturated carbocycles. The van der Waals surface area contributed by atoms with E-state index in [1.807, 2.05) is 12.3 Å². The van der Waals surface area contributed by atoms with Crippen molar-refractivity contribution < 1.29 is 0 Å². The van der Waals surface area contributed by atoms with Gasteiger partial charge in [-0.15, -0.1) is 0 Å². The summed E-state index contributed by atoms with van der Waals surface area (Å²) in [5.41, 5.74) is 7.26. The minimum absolute atomic E-state index is 1.03. The lowest BCUT2D eigenvalue weighted by molar-refractivity contribution is 1.41. The van der Waals surface area contributed by atoms with Crippen molar-refractivity contribution in [2.24, 2.45) is 0 Å². The molecule has 0 spiro atoms. The molecule has 1 aromatic heterocycles. The van der Waals surface area contributed by atoms with E-state index in [-0.39, 0.29) is 0 Å². The van der Waals surface area contributed by atoms with Crippen LogP contribution in [-0.4, -0.2) is 4.98 Å². The Hall–Kier alpha value is -2.93. The van der Waals surface area contributed by atoms with Crippen molar-refractivity contribution >= 4 is 10.9 Å². The maximum atomic E-state index is 4.44. The summed E-state index contributed by atoms with van der Waals surface area (Å²) in [7, 11) is 0. The number of aryl methyl sites for hydroxylation is 1. The second kappa shape index (κ2) is 5.69. The topological polar surface area (TPSA) is 12.9 Å². The molecule has 0 aliphatic heterocycles. The van der Waals surface area contributed by atoms with E-state index < -0.39 is 0 Å². The van der Waals surface area contributed by atoms with Gasteiger partial charge in [-0.2, -0.15) is 0 Å². The van der Waals surface area contributed by atoms with Crippen LogP contribution in [0.3, 0.4) is 0 Å². The van der Waals surface area contributed by atoms with Crippen molar-refractivity contribution in [2.45, 2.75) is 6.92 Å². The summed E-state index contributed by atoms with van der Waals surface area (Å²) in [6.45, 7) is 2.11. The van der Waals surface area contributed by atoms with Crippen molar-refractivity contribution in [1.82, 2.24) is 4.98 Å². The monoisotopic (exact) mass is 295 g/mol. The molecule has 0 N–H and O–H groups in total. The Kier molecular flexibility index (Phi) is 3.39. The van der Waals surface area contributed by atoms with Gasteiger partial charge in [0.2, 0.25) is 0 Å². The summed E-state index contributed by atoms with van der Waals surface area (Å²) < 4.78 is 0. The second-order valence-electron chi connectivity index (χ2n) is 5.82. The molecule has 1 nitrogen and oxygen atoms in total. The molecule has 3 aromatic carbocycles. The van der Waals surface area contributed by atoms with Crippen molar-refractivity contribution in [3.05, 3.63) is 90.6 Å². The molecule has 0 bridgehead atoms. The number of hydrogen-bond donors (Lipinski definition) is 0. The van der Waals surface area contributed by atoms with Crippen molar-refractivity contribution in [2.75, 3.05) is 0 Å². The lowest BCUT2D eigenvalue weighted by Gasteiger charge is -2.08. The van der Waals surface area contributed by atoms with Crippen LogP contribution in [-0.2, 0) is 0 Å². The largest absolute Gasteiger partial charge is 0.256 e. The van der Waals surface area contributed by atoms with E-state index in [1.165, 1.54) is 33.2 Å². The van der Waals surface area contributed by atoms with Crippen molar-refractivity contribution in [3.8, 4) is 22.3 Å². The quantitative estimate of drug-likeness (QED) is 0.450.